The highest BCUT2D eigenvalue weighted by Crippen LogP contribution is 2.22. The first-order valence-corrected chi connectivity index (χ1v) is 7.46. The van der Waals surface area contributed by atoms with Crippen molar-refractivity contribution in [1.82, 2.24) is 15.8 Å². The molecule has 1 amide bonds. The molecule has 1 aliphatic rings. The fraction of sp³-hybridized carbons (Fsp3) is 0.235. The van der Waals surface area contributed by atoms with Crippen molar-refractivity contribution < 1.29 is 9.59 Å². The van der Waals surface area contributed by atoms with Gasteiger partial charge in [-0.3, -0.25) is 14.6 Å². The van der Waals surface area contributed by atoms with Gasteiger partial charge in [-0.25, -0.2) is 10.9 Å². The van der Waals surface area contributed by atoms with Crippen LogP contribution >= 0.6 is 0 Å². The molecule has 2 heterocycles. The van der Waals surface area contributed by atoms with Crippen LogP contribution in [0.2, 0.25) is 0 Å². The Morgan fingerprint density at radius 2 is 1.78 bits per heavy atom. The smallest absolute Gasteiger partial charge is 0.242 e. The number of Topliss-reactive ketones (excluding diaryl/α,β-unsaturated/α-hetero) is 1. The van der Waals surface area contributed by atoms with E-state index in [1.807, 2.05) is 12.1 Å². The summed E-state index contributed by atoms with van der Waals surface area (Å²) in [5.41, 5.74) is 8.54. The maximum absolute atomic E-state index is 12.3. The first-order chi connectivity index (χ1) is 11.1. The summed E-state index contributed by atoms with van der Waals surface area (Å²) in [5, 5.41) is 2.86. The first kappa shape index (κ1) is 15.3. The molecule has 6 nitrogen and oxygen atoms in total. The second-order valence-electron chi connectivity index (χ2n) is 5.53. The number of nitrogens with one attached hydrogen (secondary N) is 3. The number of hydrogen-bond donors (Lipinski definition) is 3. The van der Waals surface area contributed by atoms with Crippen molar-refractivity contribution in [3.63, 3.8) is 0 Å². The highest BCUT2D eigenvalue weighted by atomic mass is 16.2. The fourth-order valence-electron chi connectivity index (χ4n) is 2.56. The second kappa shape index (κ2) is 6.68. The van der Waals surface area contributed by atoms with Crippen LogP contribution in [0.25, 0.3) is 0 Å². The van der Waals surface area contributed by atoms with Gasteiger partial charge in [-0.05, 0) is 55.3 Å². The van der Waals surface area contributed by atoms with Crippen molar-refractivity contribution in [3.05, 3.63) is 59.9 Å². The summed E-state index contributed by atoms with van der Waals surface area (Å²) >= 11 is 0. The molecule has 2 unspecified atom stereocenters. The number of carbonyl (C=O) groups is 2. The summed E-state index contributed by atoms with van der Waals surface area (Å²) < 4.78 is 0. The highest BCUT2D eigenvalue weighted by molar-refractivity contribution is 5.97. The minimum absolute atomic E-state index is 0.00438. The number of hydrogen-bond acceptors (Lipinski definition) is 5. The van der Waals surface area contributed by atoms with Gasteiger partial charge in [0.25, 0.3) is 0 Å². The lowest BCUT2D eigenvalue weighted by Gasteiger charge is -2.11. The molecule has 118 valence electrons. The maximum Gasteiger partial charge on any atom is 0.242 e. The quantitative estimate of drug-likeness (QED) is 0.751. The third-order valence-corrected chi connectivity index (χ3v) is 3.89. The van der Waals surface area contributed by atoms with Gasteiger partial charge in [-0.2, -0.15) is 0 Å². The zero-order valence-electron chi connectivity index (χ0n) is 12.7. The predicted octanol–water partition coefficient (Wildman–Crippen LogP) is 1.83. The molecule has 3 rings (SSSR count). The SMILES string of the molecule is CC(=O)c1ccc(NC(=O)C2CC(c3ccncc3)NN2)cc1. The molecule has 1 aromatic heterocycles. The lowest BCUT2D eigenvalue weighted by atomic mass is 10.0. The average molecular weight is 310 g/mol. The van der Waals surface area contributed by atoms with Gasteiger partial charge in [-0.1, -0.05) is 0 Å². The normalized spacial score (nSPS) is 20.2. The Morgan fingerprint density at radius 3 is 2.43 bits per heavy atom. The topological polar surface area (TPSA) is 83.1 Å². The van der Waals surface area contributed by atoms with Crippen LogP contribution in [0, 0.1) is 0 Å². The van der Waals surface area contributed by atoms with E-state index in [0.717, 1.165) is 5.56 Å². The summed E-state index contributed by atoms with van der Waals surface area (Å²) in [5.74, 6) is -0.102. The molecule has 0 radical (unpaired) electrons. The predicted molar refractivity (Wildman–Crippen MR) is 86.7 cm³/mol. The molecule has 0 bridgehead atoms. The van der Waals surface area contributed by atoms with Crippen molar-refractivity contribution in [3.8, 4) is 0 Å². The molecule has 2 aromatic rings. The number of ketones is 1. The van der Waals surface area contributed by atoms with Crippen molar-refractivity contribution in [2.75, 3.05) is 5.32 Å². The van der Waals surface area contributed by atoms with Gasteiger partial charge in [0.15, 0.2) is 5.78 Å². The summed E-state index contributed by atoms with van der Waals surface area (Å²) in [6.45, 7) is 1.51. The van der Waals surface area contributed by atoms with Crippen LogP contribution in [0.4, 0.5) is 5.69 Å². The molecular weight excluding hydrogens is 292 g/mol. The highest BCUT2D eigenvalue weighted by Gasteiger charge is 2.30. The van der Waals surface area contributed by atoms with Crippen LogP contribution in [-0.2, 0) is 4.79 Å². The standard InChI is InChI=1S/C17H18N4O2/c1-11(22)12-2-4-14(5-3-12)19-17(23)16-10-15(20-21-16)13-6-8-18-9-7-13/h2-9,15-16,20-21H,10H2,1H3,(H,19,23). The molecule has 6 heteroatoms. The van der Waals surface area contributed by atoms with Gasteiger partial charge in [0.1, 0.15) is 6.04 Å². The summed E-state index contributed by atoms with van der Waals surface area (Å²) in [6.07, 6.45) is 4.13. The Balaban J connectivity index is 1.60. The Labute approximate surface area is 134 Å². The lowest BCUT2D eigenvalue weighted by molar-refractivity contribution is -0.117. The number of amides is 1. The number of aromatic nitrogens is 1. The number of hydrazine groups is 1. The van der Waals surface area contributed by atoms with Crippen molar-refractivity contribution >= 4 is 17.4 Å². The van der Waals surface area contributed by atoms with E-state index in [0.29, 0.717) is 17.7 Å². The molecule has 2 atom stereocenters. The van der Waals surface area contributed by atoms with E-state index < -0.39 is 0 Å². The van der Waals surface area contributed by atoms with Crippen LogP contribution in [0.1, 0.15) is 35.3 Å². The first-order valence-electron chi connectivity index (χ1n) is 7.46. The van der Waals surface area contributed by atoms with Gasteiger partial charge in [-0.15, -0.1) is 0 Å². The number of rotatable bonds is 4. The van der Waals surface area contributed by atoms with E-state index in [1.165, 1.54) is 6.92 Å². The van der Waals surface area contributed by atoms with Crippen molar-refractivity contribution in [2.45, 2.75) is 25.4 Å². The monoisotopic (exact) mass is 310 g/mol. The van der Waals surface area contributed by atoms with Crippen molar-refractivity contribution in [1.29, 1.82) is 0 Å². The van der Waals surface area contributed by atoms with Gasteiger partial charge >= 0.3 is 0 Å². The minimum atomic E-state index is -0.319. The Morgan fingerprint density at radius 1 is 1.09 bits per heavy atom. The molecule has 1 saturated heterocycles. The zero-order valence-corrected chi connectivity index (χ0v) is 12.7. The summed E-state index contributed by atoms with van der Waals surface area (Å²) in [7, 11) is 0. The Kier molecular flexibility index (Phi) is 4.45. The summed E-state index contributed by atoms with van der Waals surface area (Å²) in [4.78, 5) is 27.6. The van der Waals surface area contributed by atoms with Gasteiger partial charge in [0, 0.05) is 29.7 Å². The number of carbonyl (C=O) groups excluding carboxylic acids is 2. The zero-order chi connectivity index (χ0) is 16.2. The van der Waals surface area contributed by atoms with Crippen LogP contribution in [-0.4, -0.2) is 22.7 Å². The molecule has 3 N–H and O–H groups in total. The van der Waals surface area contributed by atoms with Crippen molar-refractivity contribution in [2.24, 2.45) is 0 Å². The van der Waals surface area contributed by atoms with E-state index in [2.05, 4.69) is 21.2 Å². The molecule has 0 aliphatic carbocycles. The molecule has 1 aromatic carbocycles. The van der Waals surface area contributed by atoms with Crippen LogP contribution in [0.15, 0.2) is 48.8 Å². The largest absolute Gasteiger partial charge is 0.325 e. The van der Waals surface area contributed by atoms with Crippen LogP contribution < -0.4 is 16.2 Å². The molecule has 0 saturated carbocycles. The minimum Gasteiger partial charge on any atom is -0.325 e. The van der Waals surface area contributed by atoms with E-state index in [-0.39, 0.29) is 23.8 Å². The fourth-order valence-corrected chi connectivity index (χ4v) is 2.56. The van der Waals surface area contributed by atoms with E-state index in [9.17, 15) is 9.59 Å². The molecule has 23 heavy (non-hydrogen) atoms. The molecule has 1 aliphatic heterocycles. The van der Waals surface area contributed by atoms with Gasteiger partial charge in [0.2, 0.25) is 5.91 Å². The number of pyridine rings is 1. The van der Waals surface area contributed by atoms with E-state index in [1.54, 1.807) is 36.7 Å². The van der Waals surface area contributed by atoms with Crippen LogP contribution in [0.5, 0.6) is 0 Å². The van der Waals surface area contributed by atoms with E-state index >= 15 is 0 Å². The van der Waals surface area contributed by atoms with E-state index in [4.69, 9.17) is 0 Å². The second-order valence-corrected chi connectivity index (χ2v) is 5.53. The molecule has 0 spiro atoms. The number of anilines is 1. The Bertz CT molecular complexity index is 700. The average Bonchev–Trinajstić information content (AvgIpc) is 3.06. The van der Waals surface area contributed by atoms with Gasteiger partial charge in [0.05, 0.1) is 0 Å². The maximum atomic E-state index is 12.3. The molecule has 1 fully saturated rings. The third kappa shape index (κ3) is 3.61. The third-order valence-electron chi connectivity index (χ3n) is 3.89. The number of nitrogens with zero attached hydrogens (tertiary/aromatic N) is 1. The number of benzene rings is 1. The molecular formula is C17H18N4O2. The summed E-state index contributed by atoms with van der Waals surface area (Å²) in [6, 6.07) is 10.5. The Hall–Kier alpha value is -2.57. The van der Waals surface area contributed by atoms with Gasteiger partial charge < -0.3 is 5.32 Å². The van der Waals surface area contributed by atoms with Crippen LogP contribution in [0.3, 0.4) is 0 Å². The lowest BCUT2D eigenvalue weighted by Crippen LogP contribution is -2.39.